The van der Waals surface area contributed by atoms with E-state index in [0.717, 1.165) is 19.5 Å². The molecule has 0 radical (unpaired) electrons. The van der Waals surface area contributed by atoms with Gasteiger partial charge in [-0.15, -0.1) is 0 Å². The van der Waals surface area contributed by atoms with E-state index in [0.29, 0.717) is 24.0 Å². The molecule has 0 unspecified atom stereocenters. The molecule has 0 amide bonds. The number of hydrogen-bond acceptors (Lipinski definition) is 3. The average Bonchev–Trinajstić information content (AvgIpc) is 2.91. The van der Waals surface area contributed by atoms with Crippen molar-refractivity contribution in [2.45, 2.75) is 153 Å². The van der Waals surface area contributed by atoms with E-state index in [1.165, 1.54) is 148 Å². The highest BCUT2D eigenvalue weighted by Gasteiger charge is 2.13. The Balaban J connectivity index is 1.24. The monoisotopic (exact) mass is 519 g/mol. The number of hydrogen-bond donors (Lipinski definition) is 5. The molecular formula is C30H61N7. The Morgan fingerprint density at radius 3 is 1.70 bits per heavy atom. The van der Waals surface area contributed by atoms with Gasteiger partial charge in [-0.3, -0.25) is 9.98 Å². The second-order valence-electron chi connectivity index (χ2n) is 11.5. The van der Waals surface area contributed by atoms with Gasteiger partial charge in [0.05, 0.1) is 6.04 Å². The minimum Gasteiger partial charge on any atom is -0.370 e. The number of aliphatic imine (C=N–C) groups is 2. The largest absolute Gasteiger partial charge is 0.370 e. The second-order valence-corrected chi connectivity index (χ2v) is 11.5. The van der Waals surface area contributed by atoms with Gasteiger partial charge < -0.3 is 27.4 Å². The summed E-state index contributed by atoms with van der Waals surface area (Å²) in [4.78, 5) is 9.15. The summed E-state index contributed by atoms with van der Waals surface area (Å²) in [5, 5.41) is 10.3. The summed E-state index contributed by atoms with van der Waals surface area (Å²) in [6.45, 7) is 4.17. The first-order valence-electron chi connectivity index (χ1n) is 16.1. The molecule has 0 aliphatic heterocycles. The van der Waals surface area contributed by atoms with E-state index in [4.69, 9.17) is 11.5 Å². The van der Waals surface area contributed by atoms with Crippen LogP contribution in [0.25, 0.3) is 0 Å². The molecule has 0 bridgehead atoms. The molecule has 0 spiro atoms. The Hall–Kier alpha value is -1.50. The highest BCUT2D eigenvalue weighted by atomic mass is 15.1. The van der Waals surface area contributed by atoms with Gasteiger partial charge in [0.15, 0.2) is 11.9 Å². The van der Waals surface area contributed by atoms with Crippen LogP contribution in [-0.4, -0.2) is 50.2 Å². The van der Waals surface area contributed by atoms with Crippen LogP contribution in [0.2, 0.25) is 0 Å². The third kappa shape index (κ3) is 18.4. The first-order valence-corrected chi connectivity index (χ1v) is 16.1. The predicted octanol–water partition coefficient (Wildman–Crippen LogP) is 5.73. The Labute approximate surface area is 228 Å². The van der Waals surface area contributed by atoms with Crippen molar-refractivity contribution in [2.24, 2.45) is 21.5 Å². The molecule has 0 heterocycles. The minimum atomic E-state index is 0.462. The molecule has 7 heteroatoms. The highest BCUT2D eigenvalue weighted by molar-refractivity contribution is 5.78. The molecule has 2 aliphatic carbocycles. The van der Waals surface area contributed by atoms with Crippen LogP contribution in [0.1, 0.15) is 141 Å². The summed E-state index contributed by atoms with van der Waals surface area (Å²) in [5.74, 6) is 1.32. The van der Waals surface area contributed by atoms with E-state index in [1.54, 1.807) is 0 Å². The molecule has 37 heavy (non-hydrogen) atoms. The summed E-state index contributed by atoms with van der Waals surface area (Å²) in [5.41, 5.74) is 12.1. The van der Waals surface area contributed by atoms with Gasteiger partial charge in [-0.2, -0.15) is 0 Å². The van der Waals surface area contributed by atoms with Crippen LogP contribution >= 0.6 is 0 Å². The first-order chi connectivity index (χ1) is 18.2. The maximum absolute atomic E-state index is 6.03. The lowest BCUT2D eigenvalue weighted by Crippen LogP contribution is -2.41. The lowest BCUT2D eigenvalue weighted by molar-refractivity contribution is 0.412. The number of rotatable bonds is 20. The number of unbranched alkanes of at least 4 members (excludes halogenated alkanes) is 10. The topological polar surface area (TPSA) is 113 Å². The average molecular weight is 520 g/mol. The quantitative estimate of drug-likeness (QED) is 0.0801. The maximum atomic E-state index is 6.03. The number of guanidine groups is 2. The van der Waals surface area contributed by atoms with E-state index in [-0.39, 0.29) is 0 Å². The zero-order valence-corrected chi connectivity index (χ0v) is 24.1. The van der Waals surface area contributed by atoms with Gasteiger partial charge in [0.25, 0.3) is 0 Å². The van der Waals surface area contributed by atoms with Gasteiger partial charge >= 0.3 is 0 Å². The molecule has 2 rings (SSSR count). The molecule has 0 atom stereocenters. The van der Waals surface area contributed by atoms with Gasteiger partial charge in [0.1, 0.15) is 0 Å². The fourth-order valence-corrected chi connectivity index (χ4v) is 5.65. The molecule has 2 fully saturated rings. The predicted molar refractivity (Wildman–Crippen MR) is 161 cm³/mol. The smallest absolute Gasteiger partial charge is 0.188 e. The number of nitrogens with one attached hydrogen (secondary N) is 3. The van der Waals surface area contributed by atoms with Gasteiger partial charge in [0.2, 0.25) is 0 Å². The summed E-state index contributed by atoms with van der Waals surface area (Å²) in [6, 6.07) is 1.02. The van der Waals surface area contributed by atoms with Crippen molar-refractivity contribution in [2.75, 3.05) is 26.2 Å². The van der Waals surface area contributed by atoms with Crippen LogP contribution in [0.15, 0.2) is 9.98 Å². The van der Waals surface area contributed by atoms with Crippen molar-refractivity contribution in [3.05, 3.63) is 0 Å². The van der Waals surface area contributed by atoms with Crippen molar-refractivity contribution >= 4 is 11.9 Å². The summed E-state index contributed by atoms with van der Waals surface area (Å²) >= 11 is 0. The number of nitrogens with two attached hydrogens (primary N) is 2. The third-order valence-electron chi connectivity index (χ3n) is 7.98. The summed E-state index contributed by atoms with van der Waals surface area (Å²) < 4.78 is 0. The van der Waals surface area contributed by atoms with E-state index in [2.05, 4.69) is 25.9 Å². The molecule has 0 aromatic heterocycles. The van der Waals surface area contributed by atoms with Crippen LogP contribution in [-0.2, 0) is 0 Å². The van der Waals surface area contributed by atoms with E-state index < -0.39 is 0 Å². The molecule has 0 saturated heterocycles. The zero-order chi connectivity index (χ0) is 26.2. The van der Waals surface area contributed by atoms with Crippen molar-refractivity contribution in [3.63, 3.8) is 0 Å². The molecule has 7 nitrogen and oxygen atoms in total. The van der Waals surface area contributed by atoms with Gasteiger partial charge in [-0.05, 0) is 64.5 Å². The van der Waals surface area contributed by atoms with Gasteiger partial charge in [-0.25, -0.2) is 0 Å². The zero-order valence-electron chi connectivity index (χ0n) is 24.1. The van der Waals surface area contributed by atoms with Crippen LogP contribution in [0.4, 0.5) is 0 Å². The lowest BCUT2D eigenvalue weighted by Gasteiger charge is -2.23. The van der Waals surface area contributed by atoms with Crippen molar-refractivity contribution < 1.29 is 0 Å². The van der Waals surface area contributed by atoms with E-state index in [1.807, 2.05) is 0 Å². The normalized spacial score (nSPS) is 18.3. The maximum Gasteiger partial charge on any atom is 0.188 e. The standard InChI is InChI=1S/C30H61N7/c31-29(36-27-19-11-9-12-20-27)34-25-17-7-3-1-5-15-23-33-24-16-6-2-4-8-18-26-35-30(32)37-28-21-13-10-14-22-28/h27-28,33H,1-26H2,(H3,31,34,36)(H3,32,35,37). The van der Waals surface area contributed by atoms with Gasteiger partial charge in [-0.1, -0.05) is 89.9 Å². The minimum absolute atomic E-state index is 0.462. The molecule has 0 aromatic rings. The molecule has 7 N–H and O–H groups in total. The summed E-state index contributed by atoms with van der Waals surface area (Å²) in [7, 11) is 0. The van der Waals surface area contributed by atoms with Crippen molar-refractivity contribution in [1.29, 1.82) is 0 Å². The molecule has 0 aromatic carbocycles. The molecular weight excluding hydrogens is 458 g/mol. The van der Waals surface area contributed by atoms with Crippen molar-refractivity contribution in [1.82, 2.24) is 16.0 Å². The van der Waals surface area contributed by atoms with Crippen LogP contribution in [0, 0.1) is 0 Å². The molecule has 216 valence electrons. The van der Waals surface area contributed by atoms with Crippen molar-refractivity contribution in [3.8, 4) is 0 Å². The second kappa shape index (κ2) is 22.5. The number of nitrogens with zero attached hydrogens (tertiary/aromatic N) is 2. The Bertz CT molecular complexity index is 580. The Morgan fingerprint density at radius 1 is 0.568 bits per heavy atom. The SMILES string of the molecule is NC(=NC1CCCCC1)NCCCCCCCCNCCCCCCCCN=C(N)NC1CCCCC1. The van der Waals surface area contributed by atoms with Crippen LogP contribution in [0.5, 0.6) is 0 Å². The lowest BCUT2D eigenvalue weighted by atomic mass is 9.96. The van der Waals surface area contributed by atoms with Gasteiger partial charge in [0, 0.05) is 19.1 Å². The van der Waals surface area contributed by atoms with Crippen LogP contribution in [0.3, 0.4) is 0 Å². The fourth-order valence-electron chi connectivity index (χ4n) is 5.65. The highest BCUT2D eigenvalue weighted by Crippen LogP contribution is 2.20. The van der Waals surface area contributed by atoms with E-state index in [9.17, 15) is 0 Å². The molecule has 2 aliphatic rings. The third-order valence-corrected chi connectivity index (χ3v) is 7.98. The van der Waals surface area contributed by atoms with Crippen LogP contribution < -0.4 is 27.4 Å². The first kappa shape index (κ1) is 31.7. The Morgan fingerprint density at radius 2 is 1.08 bits per heavy atom. The Kier molecular flexibility index (Phi) is 19.3. The molecule has 2 saturated carbocycles. The van der Waals surface area contributed by atoms with E-state index >= 15 is 0 Å². The fraction of sp³-hybridized carbons (Fsp3) is 0.933. The summed E-state index contributed by atoms with van der Waals surface area (Å²) in [6.07, 6.45) is 28.5.